The number of rotatable bonds is 8. The molecule has 0 radical (unpaired) electrons. The van der Waals surface area contributed by atoms with Gasteiger partial charge in [-0.25, -0.2) is 0 Å². The molecule has 1 amide bonds. The van der Waals surface area contributed by atoms with Crippen molar-refractivity contribution in [2.45, 2.75) is 24.6 Å². The van der Waals surface area contributed by atoms with E-state index < -0.39 is 0 Å². The zero-order chi connectivity index (χ0) is 18.4. The third-order valence-electron chi connectivity index (χ3n) is 4.45. The van der Waals surface area contributed by atoms with Gasteiger partial charge in [-0.1, -0.05) is 29.3 Å². The summed E-state index contributed by atoms with van der Waals surface area (Å²) in [5.41, 5.74) is 0.986. The Kier molecular flexibility index (Phi) is 7.32. The van der Waals surface area contributed by atoms with E-state index in [2.05, 4.69) is 10.2 Å². The van der Waals surface area contributed by atoms with Gasteiger partial charge in [0.05, 0.1) is 18.1 Å². The van der Waals surface area contributed by atoms with Gasteiger partial charge in [-0.15, -0.1) is 11.8 Å². The number of furan rings is 1. The monoisotopic (exact) mass is 412 g/mol. The van der Waals surface area contributed by atoms with Crippen molar-refractivity contribution in [3.8, 4) is 0 Å². The summed E-state index contributed by atoms with van der Waals surface area (Å²) in [6.45, 7) is 2.66. The molecule has 1 aliphatic rings. The minimum absolute atomic E-state index is 0.0239. The van der Waals surface area contributed by atoms with Crippen LogP contribution in [0.5, 0.6) is 0 Å². The standard InChI is InChI=1S/C19H22Cl2N2O2S/c20-15-6-5-14(16(21)10-15)12-26-13-19(24)22-11-17(18-4-3-9-25-18)23-7-1-2-8-23/h3-6,9-10,17H,1-2,7-8,11-13H2,(H,22,24). The summed E-state index contributed by atoms with van der Waals surface area (Å²) in [5, 5.41) is 4.30. The highest BCUT2D eigenvalue weighted by atomic mass is 35.5. The number of nitrogens with one attached hydrogen (secondary N) is 1. The van der Waals surface area contributed by atoms with Crippen molar-refractivity contribution in [1.29, 1.82) is 0 Å². The van der Waals surface area contributed by atoms with Crippen LogP contribution in [0.25, 0.3) is 0 Å². The van der Waals surface area contributed by atoms with E-state index in [0.29, 0.717) is 28.1 Å². The molecule has 0 bridgehead atoms. The molecule has 1 N–H and O–H groups in total. The Labute approximate surface area is 168 Å². The molecule has 0 saturated carbocycles. The molecule has 2 heterocycles. The Morgan fingerprint density at radius 3 is 2.77 bits per heavy atom. The summed E-state index contributed by atoms with van der Waals surface area (Å²) in [7, 11) is 0. The van der Waals surface area contributed by atoms with E-state index in [1.165, 1.54) is 24.6 Å². The predicted octanol–water partition coefficient (Wildman–Crippen LogP) is 4.77. The lowest BCUT2D eigenvalue weighted by Crippen LogP contribution is -2.37. The molecule has 1 saturated heterocycles. The van der Waals surface area contributed by atoms with E-state index in [4.69, 9.17) is 27.6 Å². The number of carbonyl (C=O) groups is 1. The van der Waals surface area contributed by atoms with Gasteiger partial charge < -0.3 is 9.73 Å². The van der Waals surface area contributed by atoms with Gasteiger partial charge in [0.15, 0.2) is 0 Å². The number of likely N-dealkylation sites (tertiary alicyclic amines) is 1. The SMILES string of the molecule is O=C(CSCc1ccc(Cl)cc1Cl)NCC(c1ccco1)N1CCCC1. The van der Waals surface area contributed by atoms with Crippen LogP contribution in [0.1, 0.15) is 30.2 Å². The molecule has 0 aliphatic carbocycles. The second-order valence-electron chi connectivity index (χ2n) is 6.31. The Hall–Kier alpha value is -1.14. The fourth-order valence-electron chi connectivity index (χ4n) is 3.10. The zero-order valence-corrected chi connectivity index (χ0v) is 16.7. The summed E-state index contributed by atoms with van der Waals surface area (Å²) in [6.07, 6.45) is 4.08. The predicted molar refractivity (Wildman–Crippen MR) is 108 cm³/mol. The molecule has 2 aromatic rings. The Bertz CT molecular complexity index is 718. The van der Waals surface area contributed by atoms with Crippen LogP contribution in [0.15, 0.2) is 41.0 Å². The molecule has 140 valence electrons. The first kappa shape index (κ1) is 19.6. The molecule has 26 heavy (non-hydrogen) atoms. The average Bonchev–Trinajstić information content (AvgIpc) is 3.31. The van der Waals surface area contributed by atoms with E-state index >= 15 is 0 Å². The number of halogens is 2. The number of thioether (sulfide) groups is 1. The van der Waals surface area contributed by atoms with E-state index in [9.17, 15) is 4.79 Å². The molecule has 1 aromatic heterocycles. The number of carbonyl (C=O) groups excluding carboxylic acids is 1. The normalized spacial score (nSPS) is 15.9. The molecule has 1 unspecified atom stereocenters. The number of hydrogen-bond donors (Lipinski definition) is 1. The summed E-state index contributed by atoms with van der Waals surface area (Å²) < 4.78 is 5.58. The summed E-state index contributed by atoms with van der Waals surface area (Å²) in [6, 6.07) is 9.41. The maximum absolute atomic E-state index is 12.2. The van der Waals surface area contributed by atoms with Crippen LogP contribution in [0.2, 0.25) is 10.0 Å². The fourth-order valence-corrected chi connectivity index (χ4v) is 4.51. The smallest absolute Gasteiger partial charge is 0.230 e. The van der Waals surface area contributed by atoms with Crippen molar-refractivity contribution in [3.05, 3.63) is 58.0 Å². The van der Waals surface area contributed by atoms with Crippen molar-refractivity contribution in [2.75, 3.05) is 25.4 Å². The fraction of sp³-hybridized carbons (Fsp3) is 0.421. The minimum Gasteiger partial charge on any atom is -0.468 e. The highest BCUT2D eigenvalue weighted by molar-refractivity contribution is 7.99. The lowest BCUT2D eigenvalue weighted by Gasteiger charge is -2.26. The zero-order valence-electron chi connectivity index (χ0n) is 14.4. The first-order valence-electron chi connectivity index (χ1n) is 8.69. The highest BCUT2D eigenvalue weighted by Crippen LogP contribution is 2.26. The third kappa shape index (κ3) is 5.43. The minimum atomic E-state index is 0.0239. The number of nitrogens with zero attached hydrogens (tertiary/aromatic N) is 1. The first-order valence-corrected chi connectivity index (χ1v) is 10.6. The van der Waals surface area contributed by atoms with Crippen LogP contribution in [-0.2, 0) is 10.5 Å². The van der Waals surface area contributed by atoms with Crippen LogP contribution in [-0.4, -0.2) is 36.2 Å². The van der Waals surface area contributed by atoms with Gasteiger partial charge in [-0.2, -0.15) is 0 Å². The van der Waals surface area contributed by atoms with E-state index in [1.807, 2.05) is 24.3 Å². The molecule has 1 atom stereocenters. The quantitative estimate of drug-likeness (QED) is 0.677. The first-order chi connectivity index (χ1) is 12.6. The van der Waals surface area contributed by atoms with Crippen molar-refractivity contribution in [3.63, 3.8) is 0 Å². The molecule has 1 aromatic carbocycles. The number of amides is 1. The van der Waals surface area contributed by atoms with Gasteiger partial charge in [0.1, 0.15) is 5.76 Å². The molecule has 1 aliphatic heterocycles. The Balaban J connectivity index is 1.46. The van der Waals surface area contributed by atoms with E-state index in [0.717, 1.165) is 24.4 Å². The van der Waals surface area contributed by atoms with Crippen molar-refractivity contribution in [2.24, 2.45) is 0 Å². The van der Waals surface area contributed by atoms with E-state index in [1.54, 1.807) is 12.3 Å². The number of benzene rings is 1. The van der Waals surface area contributed by atoms with Crippen LogP contribution < -0.4 is 5.32 Å². The largest absolute Gasteiger partial charge is 0.468 e. The van der Waals surface area contributed by atoms with E-state index in [-0.39, 0.29) is 11.9 Å². The molecular weight excluding hydrogens is 391 g/mol. The van der Waals surface area contributed by atoms with Crippen LogP contribution >= 0.6 is 35.0 Å². The van der Waals surface area contributed by atoms with Gasteiger partial charge in [0.2, 0.25) is 5.91 Å². The number of hydrogen-bond acceptors (Lipinski definition) is 4. The summed E-state index contributed by atoms with van der Waals surface area (Å²) in [5.74, 6) is 2.00. The maximum Gasteiger partial charge on any atom is 0.230 e. The van der Waals surface area contributed by atoms with Gasteiger partial charge in [-0.05, 0) is 55.8 Å². The lowest BCUT2D eigenvalue weighted by atomic mass is 10.2. The topological polar surface area (TPSA) is 45.5 Å². The van der Waals surface area contributed by atoms with Gasteiger partial charge in [0.25, 0.3) is 0 Å². The molecule has 0 spiro atoms. The third-order valence-corrected chi connectivity index (χ3v) is 6.02. The molecule has 4 nitrogen and oxygen atoms in total. The molecule has 3 rings (SSSR count). The summed E-state index contributed by atoms with van der Waals surface area (Å²) >= 11 is 13.6. The highest BCUT2D eigenvalue weighted by Gasteiger charge is 2.25. The maximum atomic E-state index is 12.2. The van der Waals surface area contributed by atoms with Crippen molar-refractivity contribution in [1.82, 2.24) is 10.2 Å². The summed E-state index contributed by atoms with van der Waals surface area (Å²) in [4.78, 5) is 14.6. The second kappa shape index (κ2) is 9.70. The van der Waals surface area contributed by atoms with Crippen LogP contribution in [0.3, 0.4) is 0 Å². The molecular formula is C19H22Cl2N2O2S. The average molecular weight is 413 g/mol. The van der Waals surface area contributed by atoms with Crippen molar-refractivity contribution >= 4 is 40.9 Å². The van der Waals surface area contributed by atoms with Gasteiger partial charge in [0, 0.05) is 22.3 Å². The van der Waals surface area contributed by atoms with Gasteiger partial charge in [-0.3, -0.25) is 9.69 Å². The second-order valence-corrected chi connectivity index (χ2v) is 8.14. The molecule has 1 fully saturated rings. The lowest BCUT2D eigenvalue weighted by molar-refractivity contribution is -0.118. The van der Waals surface area contributed by atoms with Crippen molar-refractivity contribution < 1.29 is 9.21 Å². The molecule has 7 heteroatoms. The Morgan fingerprint density at radius 2 is 2.08 bits per heavy atom. The van der Waals surface area contributed by atoms with Crippen LogP contribution in [0.4, 0.5) is 0 Å². The van der Waals surface area contributed by atoms with Gasteiger partial charge >= 0.3 is 0 Å². The Morgan fingerprint density at radius 1 is 1.27 bits per heavy atom. The van der Waals surface area contributed by atoms with Crippen LogP contribution in [0, 0.1) is 0 Å².